The summed E-state index contributed by atoms with van der Waals surface area (Å²) < 4.78 is 12.9. The van der Waals surface area contributed by atoms with Crippen LogP contribution < -0.4 is 15.5 Å². The molecule has 0 spiro atoms. The third-order valence-corrected chi connectivity index (χ3v) is 4.80. The van der Waals surface area contributed by atoms with Crippen molar-refractivity contribution in [3.63, 3.8) is 0 Å². The van der Waals surface area contributed by atoms with Gasteiger partial charge in [0.05, 0.1) is 6.42 Å². The molecule has 0 radical (unpaired) electrons. The van der Waals surface area contributed by atoms with Gasteiger partial charge in [0.1, 0.15) is 11.6 Å². The molecule has 1 aliphatic rings. The van der Waals surface area contributed by atoms with Crippen LogP contribution in [0.2, 0.25) is 0 Å². The van der Waals surface area contributed by atoms with Crippen molar-refractivity contribution in [2.75, 3.05) is 24.3 Å². The molecule has 7 heteroatoms. The third kappa shape index (κ3) is 5.64. The van der Waals surface area contributed by atoms with E-state index < -0.39 is 0 Å². The number of carbonyl (C=O) groups is 1. The molecule has 1 amide bonds. The predicted octanol–water partition coefficient (Wildman–Crippen LogP) is 2.76. The Hall–Kier alpha value is -2.70. The van der Waals surface area contributed by atoms with Crippen LogP contribution >= 0.6 is 0 Å². The first-order valence-corrected chi connectivity index (χ1v) is 9.30. The van der Waals surface area contributed by atoms with Gasteiger partial charge in [-0.05, 0) is 49.4 Å². The fourth-order valence-corrected chi connectivity index (χ4v) is 3.30. The van der Waals surface area contributed by atoms with Crippen molar-refractivity contribution in [1.82, 2.24) is 15.3 Å². The lowest BCUT2D eigenvalue weighted by Crippen LogP contribution is -2.40. The van der Waals surface area contributed by atoms with E-state index >= 15 is 0 Å². The molecule has 1 aromatic heterocycles. The molecule has 0 atom stereocenters. The number of hydrogen-bond donors (Lipinski definition) is 2. The second-order valence-electron chi connectivity index (χ2n) is 7.20. The first-order chi connectivity index (χ1) is 13.0. The van der Waals surface area contributed by atoms with Crippen molar-refractivity contribution in [2.24, 2.45) is 0 Å². The number of anilines is 2. The van der Waals surface area contributed by atoms with E-state index in [0.29, 0.717) is 12.0 Å². The summed E-state index contributed by atoms with van der Waals surface area (Å²) in [6, 6.07) is 8.44. The SMILES string of the molecule is CN(C)c1ccnc(NC2CCC(NC(=O)Cc3ccc(F)cc3)CC2)n1. The van der Waals surface area contributed by atoms with Gasteiger partial charge in [-0.15, -0.1) is 0 Å². The van der Waals surface area contributed by atoms with Crippen molar-refractivity contribution in [1.29, 1.82) is 0 Å². The van der Waals surface area contributed by atoms with Crippen LogP contribution in [0.3, 0.4) is 0 Å². The quantitative estimate of drug-likeness (QED) is 0.817. The van der Waals surface area contributed by atoms with Crippen molar-refractivity contribution in [3.05, 3.63) is 47.9 Å². The van der Waals surface area contributed by atoms with Gasteiger partial charge in [-0.3, -0.25) is 4.79 Å². The number of amides is 1. The number of rotatable bonds is 6. The zero-order chi connectivity index (χ0) is 19.2. The normalized spacial score (nSPS) is 19.4. The predicted molar refractivity (Wildman–Crippen MR) is 104 cm³/mol. The molecule has 6 nitrogen and oxygen atoms in total. The van der Waals surface area contributed by atoms with E-state index in [1.165, 1.54) is 12.1 Å². The van der Waals surface area contributed by atoms with E-state index in [4.69, 9.17) is 0 Å². The largest absolute Gasteiger partial charge is 0.363 e. The number of nitrogens with one attached hydrogen (secondary N) is 2. The molecule has 0 unspecified atom stereocenters. The lowest BCUT2D eigenvalue weighted by molar-refractivity contribution is -0.121. The fourth-order valence-electron chi connectivity index (χ4n) is 3.30. The Morgan fingerprint density at radius 1 is 1.11 bits per heavy atom. The standard InChI is InChI=1S/C20H26FN5O/c1-26(2)18-11-12-22-20(25-18)24-17-9-7-16(8-10-17)23-19(27)13-14-3-5-15(21)6-4-14/h3-6,11-12,16-17H,7-10,13H2,1-2H3,(H,23,27)(H,22,24,25). The van der Waals surface area contributed by atoms with Crippen molar-refractivity contribution >= 4 is 17.7 Å². The van der Waals surface area contributed by atoms with Crippen LogP contribution in [0.15, 0.2) is 36.5 Å². The van der Waals surface area contributed by atoms with Gasteiger partial charge in [-0.25, -0.2) is 9.37 Å². The summed E-state index contributed by atoms with van der Waals surface area (Å²) in [5.41, 5.74) is 0.821. The van der Waals surface area contributed by atoms with Gasteiger partial charge in [0.15, 0.2) is 0 Å². The number of carbonyl (C=O) groups excluding carboxylic acids is 1. The minimum Gasteiger partial charge on any atom is -0.363 e. The molecular weight excluding hydrogens is 345 g/mol. The van der Waals surface area contributed by atoms with Gasteiger partial charge in [0, 0.05) is 32.4 Å². The third-order valence-electron chi connectivity index (χ3n) is 4.80. The highest BCUT2D eigenvalue weighted by atomic mass is 19.1. The summed E-state index contributed by atoms with van der Waals surface area (Å²) >= 11 is 0. The van der Waals surface area contributed by atoms with Gasteiger partial charge < -0.3 is 15.5 Å². The summed E-state index contributed by atoms with van der Waals surface area (Å²) in [5.74, 6) is 1.21. The maximum absolute atomic E-state index is 12.9. The molecule has 3 rings (SSSR count). The average molecular weight is 371 g/mol. The molecule has 144 valence electrons. The molecule has 0 saturated heterocycles. The first kappa shape index (κ1) is 19.1. The van der Waals surface area contributed by atoms with E-state index in [2.05, 4.69) is 20.6 Å². The van der Waals surface area contributed by atoms with Crippen molar-refractivity contribution in [2.45, 2.75) is 44.2 Å². The summed E-state index contributed by atoms with van der Waals surface area (Å²) in [4.78, 5) is 22.9. The van der Waals surface area contributed by atoms with E-state index in [-0.39, 0.29) is 24.2 Å². The van der Waals surface area contributed by atoms with Crippen LogP contribution in [0.25, 0.3) is 0 Å². The highest BCUT2D eigenvalue weighted by Crippen LogP contribution is 2.22. The van der Waals surface area contributed by atoms with Gasteiger partial charge >= 0.3 is 0 Å². The number of halogens is 1. The summed E-state index contributed by atoms with van der Waals surface area (Å²) in [6.45, 7) is 0. The molecule has 2 N–H and O–H groups in total. The zero-order valence-electron chi connectivity index (χ0n) is 15.8. The topological polar surface area (TPSA) is 70.2 Å². The lowest BCUT2D eigenvalue weighted by Gasteiger charge is -2.29. The second kappa shape index (κ2) is 8.79. The molecule has 1 heterocycles. The van der Waals surface area contributed by atoms with Crippen LogP contribution in [0.4, 0.5) is 16.2 Å². The molecule has 0 bridgehead atoms. The van der Waals surface area contributed by atoms with Crippen molar-refractivity contribution < 1.29 is 9.18 Å². The molecule has 1 fully saturated rings. The molecule has 0 aliphatic heterocycles. The van der Waals surface area contributed by atoms with E-state index in [1.54, 1.807) is 18.3 Å². The molecule has 1 saturated carbocycles. The van der Waals surface area contributed by atoms with Crippen LogP contribution in [0.1, 0.15) is 31.2 Å². The zero-order valence-corrected chi connectivity index (χ0v) is 15.8. The van der Waals surface area contributed by atoms with Gasteiger partial charge in [0.25, 0.3) is 0 Å². The Morgan fingerprint density at radius 2 is 1.78 bits per heavy atom. The number of hydrogen-bond acceptors (Lipinski definition) is 5. The summed E-state index contributed by atoms with van der Waals surface area (Å²) in [7, 11) is 3.90. The van der Waals surface area contributed by atoms with E-state index in [0.717, 1.165) is 37.1 Å². The maximum Gasteiger partial charge on any atom is 0.224 e. The lowest BCUT2D eigenvalue weighted by atomic mass is 9.91. The molecular formula is C20H26FN5O. The van der Waals surface area contributed by atoms with Gasteiger partial charge in [-0.1, -0.05) is 12.1 Å². The number of nitrogens with zero attached hydrogens (tertiary/aromatic N) is 3. The van der Waals surface area contributed by atoms with Gasteiger partial charge in [-0.2, -0.15) is 4.98 Å². The molecule has 1 aliphatic carbocycles. The monoisotopic (exact) mass is 371 g/mol. The average Bonchev–Trinajstić information content (AvgIpc) is 2.65. The maximum atomic E-state index is 12.9. The van der Waals surface area contributed by atoms with Crippen LogP contribution in [0, 0.1) is 5.82 Å². The number of aromatic nitrogens is 2. The highest BCUT2D eigenvalue weighted by Gasteiger charge is 2.23. The fraction of sp³-hybridized carbons (Fsp3) is 0.450. The summed E-state index contributed by atoms with van der Waals surface area (Å²) in [6.07, 6.45) is 5.78. The van der Waals surface area contributed by atoms with Crippen LogP contribution in [-0.2, 0) is 11.2 Å². The Labute approximate surface area is 159 Å². The number of benzene rings is 1. The Bertz CT molecular complexity index is 757. The highest BCUT2D eigenvalue weighted by molar-refractivity contribution is 5.78. The summed E-state index contributed by atoms with van der Waals surface area (Å²) in [5, 5.41) is 6.49. The molecule has 1 aromatic carbocycles. The Balaban J connectivity index is 1.44. The molecule has 27 heavy (non-hydrogen) atoms. The van der Waals surface area contributed by atoms with Crippen LogP contribution in [0.5, 0.6) is 0 Å². The van der Waals surface area contributed by atoms with E-state index in [1.807, 2.05) is 25.1 Å². The minimum absolute atomic E-state index is 0.0139. The first-order valence-electron chi connectivity index (χ1n) is 9.30. The van der Waals surface area contributed by atoms with Gasteiger partial charge in [0.2, 0.25) is 11.9 Å². The van der Waals surface area contributed by atoms with Crippen molar-refractivity contribution in [3.8, 4) is 0 Å². The van der Waals surface area contributed by atoms with Crippen LogP contribution in [-0.4, -0.2) is 42.1 Å². The second-order valence-corrected chi connectivity index (χ2v) is 7.20. The Kier molecular flexibility index (Phi) is 6.21. The molecule has 2 aromatic rings. The smallest absolute Gasteiger partial charge is 0.224 e. The minimum atomic E-state index is -0.287. The Morgan fingerprint density at radius 3 is 2.44 bits per heavy atom. The van der Waals surface area contributed by atoms with E-state index in [9.17, 15) is 9.18 Å².